The monoisotopic (exact) mass is 1160 g/mol. The molecule has 0 saturated heterocycles. The zero-order chi connectivity index (χ0) is 58.2. The van der Waals surface area contributed by atoms with E-state index < -0.39 is 0 Å². The van der Waals surface area contributed by atoms with Crippen LogP contribution in [0.3, 0.4) is 0 Å². The number of hydrogen-bond donors (Lipinski definition) is 0. The van der Waals surface area contributed by atoms with Gasteiger partial charge in [0.2, 0.25) is 11.4 Å². The van der Waals surface area contributed by atoms with Gasteiger partial charge in [0, 0.05) is 22.3 Å². The van der Waals surface area contributed by atoms with Crippen molar-refractivity contribution in [2.45, 2.75) is 399 Å². The standard InChI is InChI=1S/C32H44N2.2C23H47.Ni/c1-5-8-10-11-12-13-22-30-29(16-7-3)31(27-20-14-17-25(4)23-27)34(33)32(30)28-21-15-19-26(24-28)18-9-6-2;2*1-3-5-7-9-11-13-15-17-19-21-23-22-20-18-16-14-12-10-8-6-4-2;/h14-15,17,19-21,23-24H,5-13,16,18,22H2,1-4H3;2*1,3-23H2,2H3;. The predicted octanol–water partition coefficient (Wildman–Crippen LogP) is 28.4. The van der Waals surface area contributed by atoms with E-state index in [0.29, 0.717) is 0 Å². The van der Waals surface area contributed by atoms with Gasteiger partial charge in [0.1, 0.15) is 0 Å². The summed E-state index contributed by atoms with van der Waals surface area (Å²) in [5, 5.41) is 2.87. The Balaban J connectivity index is 0.000000579. The number of hydrogen-bond acceptors (Lipinski definition) is 0. The summed E-state index contributed by atoms with van der Waals surface area (Å²) in [5.74, 6) is 0. The molecule has 1 heterocycles. The van der Waals surface area contributed by atoms with E-state index in [-0.39, 0.29) is 0 Å². The third kappa shape index (κ3) is 40.9. The summed E-state index contributed by atoms with van der Waals surface area (Å²) in [6.07, 6.45) is 76.5. The summed E-state index contributed by atoms with van der Waals surface area (Å²) in [5.41, 5.74) is 21.2. The number of aryl methyl sites for hydroxylation is 2. The Kier molecular flexibility index (Phi) is 53.0. The van der Waals surface area contributed by atoms with Gasteiger partial charge < -0.3 is 5.53 Å². The summed E-state index contributed by atoms with van der Waals surface area (Å²) in [7, 11) is 0. The van der Waals surface area contributed by atoms with Crippen LogP contribution in [0.15, 0.2) is 59.7 Å². The fraction of sp³-hybridized carbons (Fsp3) is 0.795. The molecular formula is C78H138N2Ni. The molecule has 1 aliphatic rings. The molecule has 0 radical (unpaired) electrons. The molecule has 0 N–H and O–H groups in total. The van der Waals surface area contributed by atoms with Crippen LogP contribution in [0.25, 0.3) is 16.9 Å². The fourth-order valence-corrected chi connectivity index (χ4v) is 13.7. The van der Waals surface area contributed by atoms with Gasteiger partial charge in [0.15, 0.2) is 0 Å². The van der Waals surface area contributed by atoms with Crippen LogP contribution in [0, 0.1) is 6.92 Å². The Morgan fingerprint density at radius 1 is 0.296 bits per heavy atom. The topological polar surface area (TPSA) is 25.3 Å². The van der Waals surface area contributed by atoms with E-state index in [1.165, 1.54) is 359 Å². The van der Waals surface area contributed by atoms with Crippen molar-refractivity contribution in [1.29, 1.82) is 0 Å². The fourth-order valence-electron chi connectivity index (χ4n) is 12.4. The minimum atomic E-state index is 0.987. The maximum atomic E-state index is 11.7. The molecule has 0 aliphatic carbocycles. The molecule has 0 spiro atoms. The molecule has 2 aromatic rings. The van der Waals surface area contributed by atoms with Gasteiger partial charge in [0.25, 0.3) is 0 Å². The van der Waals surface area contributed by atoms with E-state index in [9.17, 15) is 5.53 Å². The van der Waals surface area contributed by atoms with Crippen molar-refractivity contribution < 1.29 is 19.1 Å². The number of rotatable bonds is 58. The van der Waals surface area contributed by atoms with Crippen LogP contribution in [0.4, 0.5) is 0 Å². The second kappa shape index (κ2) is 57.1. The molecule has 2 aromatic carbocycles. The molecule has 0 bridgehead atoms. The van der Waals surface area contributed by atoms with Crippen LogP contribution >= 0.6 is 0 Å². The summed E-state index contributed by atoms with van der Waals surface area (Å²) in [4.78, 5) is 0. The van der Waals surface area contributed by atoms with Gasteiger partial charge in [-0.3, -0.25) is 0 Å². The van der Waals surface area contributed by atoms with Crippen LogP contribution in [0.2, 0.25) is 10.8 Å². The number of nitrogens with zero attached hydrogens (tertiary/aromatic N) is 2. The molecule has 0 unspecified atom stereocenters. The first-order valence-electron chi connectivity index (χ1n) is 36.6. The number of unbranched alkanes of at least 4 members (excludes halogenated alkanes) is 46. The first-order valence-corrected chi connectivity index (χ1v) is 38.0. The van der Waals surface area contributed by atoms with E-state index in [0.717, 1.165) is 48.2 Å². The van der Waals surface area contributed by atoms with E-state index in [4.69, 9.17) is 0 Å². The molecule has 3 heteroatoms. The molecule has 0 amide bonds. The molecule has 0 fully saturated rings. The molecule has 2 nitrogen and oxygen atoms in total. The van der Waals surface area contributed by atoms with Gasteiger partial charge in [0.05, 0.1) is 0 Å². The van der Waals surface area contributed by atoms with Crippen LogP contribution in [0.1, 0.15) is 397 Å². The van der Waals surface area contributed by atoms with Gasteiger partial charge in [-0.1, -0.05) is 238 Å². The third-order valence-electron chi connectivity index (χ3n) is 17.6. The summed E-state index contributed by atoms with van der Waals surface area (Å²) in [6, 6.07) is 17.5. The van der Waals surface area contributed by atoms with Gasteiger partial charge in [-0.05, 0) is 68.9 Å². The SMILES string of the molecule is CCCCCCCCC1=C(c2cccc(CCCC)c2)[N+](=[N-])C(c2cccc(C)c2)=C1CCC.CCCCCCCCCCCCCCCCCCCCCC[CH2][Ni][CH2]CCCCCCCCCCCCCCCCCCCCCC. The van der Waals surface area contributed by atoms with Crippen LogP contribution < -0.4 is 0 Å². The zero-order valence-electron chi connectivity index (χ0n) is 55.4. The van der Waals surface area contributed by atoms with Crippen LogP contribution in [-0.2, 0) is 20.9 Å². The Bertz CT molecular complexity index is 1730. The molecule has 3 rings (SSSR count). The Morgan fingerprint density at radius 3 is 0.926 bits per heavy atom. The predicted molar refractivity (Wildman–Crippen MR) is 361 cm³/mol. The van der Waals surface area contributed by atoms with Crippen LogP contribution in [-0.4, -0.2) is 4.70 Å². The third-order valence-corrected chi connectivity index (χ3v) is 19.0. The van der Waals surface area contributed by atoms with Crippen LogP contribution in [0.5, 0.6) is 0 Å². The average molecular weight is 1160 g/mol. The van der Waals surface area contributed by atoms with E-state index in [1.54, 1.807) is 0 Å². The normalized spacial score (nSPS) is 12.6. The molecule has 1 aliphatic heterocycles. The van der Waals surface area contributed by atoms with Gasteiger partial charge in [-0.2, -0.15) is 0 Å². The summed E-state index contributed by atoms with van der Waals surface area (Å²) >= 11 is 2.05. The second-order valence-corrected chi connectivity index (χ2v) is 27.0. The number of allylic oxidation sites excluding steroid dienone is 2. The molecular weight excluding hydrogens is 1020 g/mol. The van der Waals surface area contributed by atoms with Crippen molar-refractivity contribution in [2.75, 3.05) is 0 Å². The Hall–Kier alpha value is -1.99. The first-order chi connectivity index (χ1) is 40.0. The summed E-state index contributed by atoms with van der Waals surface area (Å²) in [6.45, 7) is 13.5. The first kappa shape index (κ1) is 75.1. The molecule has 81 heavy (non-hydrogen) atoms. The van der Waals surface area contributed by atoms with Crippen molar-refractivity contribution in [1.82, 2.24) is 0 Å². The van der Waals surface area contributed by atoms with Crippen molar-refractivity contribution in [3.63, 3.8) is 0 Å². The average Bonchev–Trinajstić information content (AvgIpc) is 3.92. The molecule has 0 atom stereocenters. The van der Waals surface area contributed by atoms with Crippen molar-refractivity contribution in [3.05, 3.63) is 87.5 Å². The Morgan fingerprint density at radius 2 is 0.593 bits per heavy atom. The zero-order valence-corrected chi connectivity index (χ0v) is 56.4. The van der Waals surface area contributed by atoms with Crippen molar-refractivity contribution in [3.8, 4) is 0 Å². The van der Waals surface area contributed by atoms with E-state index in [1.807, 2.05) is 0 Å². The summed E-state index contributed by atoms with van der Waals surface area (Å²) < 4.78 is 1.52. The van der Waals surface area contributed by atoms with E-state index >= 15 is 0 Å². The van der Waals surface area contributed by atoms with Crippen molar-refractivity contribution in [2.24, 2.45) is 0 Å². The molecule has 0 saturated carbocycles. The van der Waals surface area contributed by atoms with Gasteiger partial charge >= 0.3 is 166 Å². The molecule has 470 valence electrons. The maximum absolute atomic E-state index is 11.7. The Labute approximate surface area is 514 Å². The second-order valence-electron chi connectivity index (χ2n) is 25.5. The van der Waals surface area contributed by atoms with E-state index in [2.05, 4.69) is 105 Å². The van der Waals surface area contributed by atoms with Gasteiger partial charge in [-0.25, -0.2) is 4.70 Å². The number of benzene rings is 2. The smallest absolute Gasteiger partial charge is 0.0654 e. The van der Waals surface area contributed by atoms with Crippen molar-refractivity contribution >= 4 is 11.4 Å². The quantitative estimate of drug-likeness (QED) is 0.0358. The molecule has 0 aromatic heterocycles. The van der Waals surface area contributed by atoms with Gasteiger partial charge in [-0.15, -0.1) is 0 Å². The minimum absolute atomic E-state index is 0.987. The minimum Gasteiger partial charge on any atom is -0.0654 e.